The minimum atomic E-state index is -4.40. The maximum atomic E-state index is 12.6. The summed E-state index contributed by atoms with van der Waals surface area (Å²) in [7, 11) is 0. The maximum Gasteiger partial charge on any atom is 0.416 e. The Labute approximate surface area is 121 Å². The van der Waals surface area contributed by atoms with Gasteiger partial charge in [-0.25, -0.2) is 4.98 Å². The summed E-state index contributed by atoms with van der Waals surface area (Å²) in [6, 6.07) is 9.87. The van der Waals surface area contributed by atoms with Gasteiger partial charge in [-0.2, -0.15) is 13.2 Å². The van der Waals surface area contributed by atoms with Gasteiger partial charge in [0, 0.05) is 5.69 Å². The number of hydrogen-bond donors (Lipinski definition) is 1. The highest BCUT2D eigenvalue weighted by Gasteiger charge is 2.30. The number of alkyl halides is 3. The van der Waals surface area contributed by atoms with Crippen LogP contribution in [-0.2, 0) is 6.18 Å². The molecule has 21 heavy (non-hydrogen) atoms. The molecule has 0 aliphatic heterocycles. The minimum absolute atomic E-state index is 0.0943. The molecule has 0 radical (unpaired) electrons. The molecule has 7 heteroatoms. The van der Waals surface area contributed by atoms with Crippen LogP contribution in [0.1, 0.15) is 5.56 Å². The van der Waals surface area contributed by atoms with Crippen molar-refractivity contribution in [3.63, 3.8) is 0 Å². The lowest BCUT2D eigenvalue weighted by molar-refractivity contribution is -0.137. The summed E-state index contributed by atoms with van der Waals surface area (Å²) in [4.78, 5) is 4.20. The Balaban J connectivity index is 1.91. The van der Waals surface area contributed by atoms with E-state index in [-0.39, 0.29) is 10.9 Å². The zero-order valence-electron chi connectivity index (χ0n) is 10.5. The van der Waals surface area contributed by atoms with Gasteiger partial charge in [-0.3, -0.25) is 0 Å². The second-order valence-corrected chi connectivity index (χ2v) is 5.33. The molecule has 0 bridgehead atoms. The monoisotopic (exact) mass is 310 g/mol. The third-order valence-corrected chi connectivity index (χ3v) is 3.66. The SMILES string of the molecule is Nc1ccc2nc(Oc3cccc(C(F)(F)F)c3)sc2c1. The Kier molecular flexibility index (Phi) is 3.21. The Morgan fingerprint density at radius 1 is 1.10 bits per heavy atom. The molecule has 0 fully saturated rings. The molecule has 108 valence electrons. The van der Waals surface area contributed by atoms with Gasteiger partial charge in [0.2, 0.25) is 0 Å². The third-order valence-electron chi connectivity index (χ3n) is 2.76. The van der Waals surface area contributed by atoms with Crippen molar-refractivity contribution in [2.24, 2.45) is 0 Å². The van der Waals surface area contributed by atoms with E-state index >= 15 is 0 Å². The lowest BCUT2D eigenvalue weighted by atomic mass is 10.2. The third kappa shape index (κ3) is 2.92. The van der Waals surface area contributed by atoms with E-state index in [4.69, 9.17) is 10.5 Å². The molecule has 2 N–H and O–H groups in total. The first kappa shape index (κ1) is 13.7. The van der Waals surface area contributed by atoms with E-state index in [1.807, 2.05) is 0 Å². The van der Waals surface area contributed by atoms with Crippen LogP contribution in [0.4, 0.5) is 18.9 Å². The van der Waals surface area contributed by atoms with Gasteiger partial charge in [-0.15, -0.1) is 0 Å². The van der Waals surface area contributed by atoms with Gasteiger partial charge in [0.25, 0.3) is 5.19 Å². The fraction of sp³-hybridized carbons (Fsp3) is 0.0714. The Morgan fingerprint density at radius 3 is 2.67 bits per heavy atom. The molecular formula is C14H9F3N2OS. The second kappa shape index (κ2) is 4.92. The predicted molar refractivity (Wildman–Crippen MR) is 75.6 cm³/mol. The van der Waals surface area contributed by atoms with E-state index in [1.54, 1.807) is 18.2 Å². The average Bonchev–Trinajstić information content (AvgIpc) is 2.79. The van der Waals surface area contributed by atoms with Gasteiger partial charge in [0.15, 0.2) is 0 Å². The number of nitrogen functional groups attached to an aromatic ring is 1. The number of fused-ring (bicyclic) bond motifs is 1. The van der Waals surface area contributed by atoms with Gasteiger partial charge in [0.05, 0.1) is 15.8 Å². The van der Waals surface area contributed by atoms with Gasteiger partial charge in [-0.05, 0) is 36.4 Å². The minimum Gasteiger partial charge on any atom is -0.431 e. The number of anilines is 1. The second-order valence-electron chi connectivity index (χ2n) is 4.33. The summed E-state index contributed by atoms with van der Waals surface area (Å²) >= 11 is 1.23. The highest BCUT2D eigenvalue weighted by atomic mass is 32.1. The lowest BCUT2D eigenvalue weighted by Gasteiger charge is -2.08. The maximum absolute atomic E-state index is 12.6. The molecule has 0 unspecified atom stereocenters. The van der Waals surface area contributed by atoms with E-state index in [9.17, 15) is 13.2 Å². The van der Waals surface area contributed by atoms with Crippen molar-refractivity contribution in [2.45, 2.75) is 6.18 Å². The summed E-state index contributed by atoms with van der Waals surface area (Å²) in [6.07, 6.45) is -4.40. The van der Waals surface area contributed by atoms with Crippen LogP contribution in [0.15, 0.2) is 42.5 Å². The predicted octanol–water partition coefficient (Wildman–Crippen LogP) is 4.69. The molecular weight excluding hydrogens is 301 g/mol. The molecule has 1 aromatic heterocycles. The first-order valence-corrected chi connectivity index (χ1v) is 6.75. The molecule has 0 amide bonds. The van der Waals surface area contributed by atoms with Crippen molar-refractivity contribution >= 4 is 27.2 Å². The molecule has 3 nitrogen and oxygen atoms in total. The number of thiazole rings is 1. The van der Waals surface area contributed by atoms with Crippen LogP contribution in [0.25, 0.3) is 10.2 Å². The number of nitrogens with two attached hydrogens (primary N) is 1. The van der Waals surface area contributed by atoms with Crippen LogP contribution in [0.3, 0.4) is 0 Å². The fourth-order valence-corrected chi connectivity index (χ4v) is 2.68. The zero-order chi connectivity index (χ0) is 15.0. The van der Waals surface area contributed by atoms with Crippen LogP contribution in [0.5, 0.6) is 10.9 Å². The van der Waals surface area contributed by atoms with Crippen molar-refractivity contribution in [1.29, 1.82) is 0 Å². The van der Waals surface area contributed by atoms with Crippen molar-refractivity contribution in [3.05, 3.63) is 48.0 Å². The first-order valence-electron chi connectivity index (χ1n) is 5.93. The van der Waals surface area contributed by atoms with E-state index < -0.39 is 11.7 Å². The van der Waals surface area contributed by atoms with Crippen LogP contribution in [-0.4, -0.2) is 4.98 Å². The molecule has 0 saturated carbocycles. The summed E-state index contributed by atoms with van der Waals surface area (Å²) in [5, 5.41) is 0.273. The summed E-state index contributed by atoms with van der Waals surface area (Å²) in [6.45, 7) is 0. The Hall–Kier alpha value is -2.28. The standard InChI is InChI=1S/C14H9F3N2OS/c15-14(16,17)8-2-1-3-10(6-8)20-13-19-11-5-4-9(18)7-12(11)21-13/h1-7H,18H2. The zero-order valence-corrected chi connectivity index (χ0v) is 11.3. The van der Waals surface area contributed by atoms with Gasteiger partial charge in [-0.1, -0.05) is 17.4 Å². The van der Waals surface area contributed by atoms with Crippen LogP contribution in [0, 0.1) is 0 Å². The van der Waals surface area contributed by atoms with E-state index in [1.165, 1.54) is 23.5 Å². The molecule has 0 saturated heterocycles. The van der Waals surface area contributed by atoms with Gasteiger partial charge < -0.3 is 10.5 Å². The molecule has 3 rings (SSSR count). The first-order chi connectivity index (χ1) is 9.91. The summed E-state index contributed by atoms with van der Waals surface area (Å²) in [5.74, 6) is 0.0943. The average molecular weight is 310 g/mol. The normalized spacial score (nSPS) is 11.8. The molecule has 0 aliphatic rings. The molecule has 0 aliphatic carbocycles. The van der Waals surface area contributed by atoms with Crippen molar-refractivity contribution in [1.82, 2.24) is 4.98 Å². The Morgan fingerprint density at radius 2 is 1.90 bits per heavy atom. The number of benzene rings is 2. The molecule has 0 atom stereocenters. The van der Waals surface area contributed by atoms with Gasteiger partial charge >= 0.3 is 6.18 Å². The van der Waals surface area contributed by atoms with Crippen molar-refractivity contribution in [2.75, 3.05) is 5.73 Å². The van der Waals surface area contributed by atoms with Crippen LogP contribution >= 0.6 is 11.3 Å². The number of aromatic nitrogens is 1. The molecule has 1 heterocycles. The number of ether oxygens (including phenoxy) is 1. The highest BCUT2D eigenvalue weighted by molar-refractivity contribution is 7.20. The molecule has 3 aromatic rings. The fourth-order valence-electron chi connectivity index (χ4n) is 1.80. The van der Waals surface area contributed by atoms with Crippen molar-refractivity contribution in [3.8, 4) is 10.9 Å². The molecule has 0 spiro atoms. The van der Waals surface area contributed by atoms with Crippen LogP contribution < -0.4 is 10.5 Å². The van der Waals surface area contributed by atoms with E-state index in [0.717, 1.165) is 16.8 Å². The van der Waals surface area contributed by atoms with Gasteiger partial charge in [0.1, 0.15) is 5.75 Å². The number of rotatable bonds is 2. The topological polar surface area (TPSA) is 48.1 Å². The lowest BCUT2D eigenvalue weighted by Crippen LogP contribution is -2.04. The summed E-state index contributed by atoms with van der Waals surface area (Å²) < 4.78 is 44.1. The van der Waals surface area contributed by atoms with E-state index in [2.05, 4.69) is 4.98 Å². The quantitative estimate of drug-likeness (QED) is 0.699. The molecule has 2 aromatic carbocycles. The van der Waals surface area contributed by atoms with E-state index in [0.29, 0.717) is 11.2 Å². The highest BCUT2D eigenvalue weighted by Crippen LogP contribution is 2.35. The van der Waals surface area contributed by atoms with Crippen LogP contribution in [0.2, 0.25) is 0 Å². The van der Waals surface area contributed by atoms with Crippen molar-refractivity contribution < 1.29 is 17.9 Å². The summed E-state index contributed by atoms with van der Waals surface area (Å²) in [5.41, 5.74) is 6.19. The largest absolute Gasteiger partial charge is 0.431 e. The number of halogens is 3. The number of hydrogen-bond acceptors (Lipinski definition) is 4. The smallest absolute Gasteiger partial charge is 0.416 e. The number of nitrogens with zero attached hydrogens (tertiary/aromatic N) is 1. The Bertz CT molecular complexity index is 798.